The number of rotatable bonds is 4. The highest BCUT2D eigenvalue weighted by molar-refractivity contribution is 5.87. The second kappa shape index (κ2) is 5.35. The molecule has 0 spiro atoms. The van der Waals surface area contributed by atoms with Gasteiger partial charge in [0.2, 0.25) is 0 Å². The largest absolute Gasteiger partial charge is 0.382 e. The molecular formula is C13H17NO. The van der Waals surface area contributed by atoms with Gasteiger partial charge in [-0.1, -0.05) is 30.3 Å². The fourth-order valence-electron chi connectivity index (χ4n) is 1.51. The van der Waals surface area contributed by atoms with E-state index in [1.807, 2.05) is 25.1 Å². The van der Waals surface area contributed by atoms with Gasteiger partial charge in [-0.05, 0) is 32.4 Å². The maximum atomic E-state index is 10.9. The molecule has 80 valence electrons. The van der Waals surface area contributed by atoms with Crippen molar-refractivity contribution in [2.75, 3.05) is 0 Å². The zero-order chi connectivity index (χ0) is 11.3. The monoisotopic (exact) mass is 203 g/mol. The first kappa shape index (κ1) is 11.5. The summed E-state index contributed by atoms with van der Waals surface area (Å²) >= 11 is 0. The highest BCUT2D eigenvalue weighted by Crippen LogP contribution is 2.12. The van der Waals surface area contributed by atoms with Crippen LogP contribution in [0.1, 0.15) is 32.4 Å². The Morgan fingerprint density at radius 2 is 1.87 bits per heavy atom. The summed E-state index contributed by atoms with van der Waals surface area (Å²) in [4.78, 5) is 10.9. The molecule has 0 radical (unpaired) electrons. The fourth-order valence-corrected chi connectivity index (χ4v) is 1.51. The first-order valence-corrected chi connectivity index (χ1v) is 5.10. The lowest BCUT2D eigenvalue weighted by atomic mass is 10.1. The standard InChI is InChI=1S/C13H17NO/c1-10(9-11(2)15)14-12(3)13-7-5-4-6-8-13/h4-9,12,14H,1-3H3/b10-9-/t12-/m0/s1. The molecule has 1 rings (SSSR count). The molecule has 1 atom stereocenters. The Balaban J connectivity index is 2.64. The van der Waals surface area contributed by atoms with Crippen molar-refractivity contribution in [2.24, 2.45) is 0 Å². The first-order valence-electron chi connectivity index (χ1n) is 5.10. The number of hydrogen-bond acceptors (Lipinski definition) is 2. The van der Waals surface area contributed by atoms with E-state index in [2.05, 4.69) is 24.4 Å². The van der Waals surface area contributed by atoms with Gasteiger partial charge in [0, 0.05) is 11.7 Å². The summed E-state index contributed by atoms with van der Waals surface area (Å²) < 4.78 is 0. The van der Waals surface area contributed by atoms with Gasteiger partial charge in [0.15, 0.2) is 5.78 Å². The third-order valence-electron chi connectivity index (χ3n) is 2.16. The van der Waals surface area contributed by atoms with Crippen LogP contribution in [0.5, 0.6) is 0 Å². The molecule has 0 aliphatic carbocycles. The van der Waals surface area contributed by atoms with Crippen molar-refractivity contribution in [1.29, 1.82) is 0 Å². The average molecular weight is 203 g/mol. The van der Waals surface area contributed by atoms with E-state index in [4.69, 9.17) is 0 Å². The van der Waals surface area contributed by atoms with Crippen LogP contribution in [0.25, 0.3) is 0 Å². The molecule has 15 heavy (non-hydrogen) atoms. The lowest BCUT2D eigenvalue weighted by Crippen LogP contribution is -2.16. The molecule has 0 aliphatic heterocycles. The van der Waals surface area contributed by atoms with Crippen LogP contribution in [0.3, 0.4) is 0 Å². The van der Waals surface area contributed by atoms with E-state index in [1.165, 1.54) is 5.56 Å². The summed E-state index contributed by atoms with van der Waals surface area (Å²) in [6.07, 6.45) is 1.61. The van der Waals surface area contributed by atoms with Gasteiger partial charge in [-0.3, -0.25) is 4.79 Å². The number of nitrogens with one attached hydrogen (secondary N) is 1. The van der Waals surface area contributed by atoms with E-state index in [9.17, 15) is 4.79 Å². The maximum Gasteiger partial charge on any atom is 0.154 e. The van der Waals surface area contributed by atoms with Crippen LogP contribution in [0.15, 0.2) is 42.1 Å². The van der Waals surface area contributed by atoms with Crippen LogP contribution < -0.4 is 5.32 Å². The highest BCUT2D eigenvalue weighted by Gasteiger charge is 2.03. The van der Waals surface area contributed by atoms with Crippen LogP contribution in [-0.2, 0) is 4.79 Å². The summed E-state index contributed by atoms with van der Waals surface area (Å²) in [5, 5.41) is 3.27. The topological polar surface area (TPSA) is 29.1 Å². The molecule has 0 fully saturated rings. The zero-order valence-corrected chi connectivity index (χ0v) is 9.45. The second-order valence-corrected chi connectivity index (χ2v) is 3.71. The molecular weight excluding hydrogens is 186 g/mol. The molecule has 0 saturated heterocycles. The van der Waals surface area contributed by atoms with Crippen LogP contribution in [0.4, 0.5) is 0 Å². The lowest BCUT2D eigenvalue weighted by Gasteiger charge is -2.15. The van der Waals surface area contributed by atoms with Crippen LogP contribution in [0, 0.1) is 0 Å². The van der Waals surface area contributed by atoms with Gasteiger partial charge in [-0.15, -0.1) is 0 Å². The molecule has 0 aromatic heterocycles. The molecule has 1 aromatic carbocycles. The minimum Gasteiger partial charge on any atom is -0.382 e. The Bertz CT molecular complexity index is 354. The third-order valence-corrected chi connectivity index (χ3v) is 2.16. The van der Waals surface area contributed by atoms with Crippen LogP contribution in [-0.4, -0.2) is 5.78 Å². The van der Waals surface area contributed by atoms with E-state index in [1.54, 1.807) is 13.0 Å². The predicted octanol–water partition coefficient (Wildman–Crippen LogP) is 2.83. The van der Waals surface area contributed by atoms with Gasteiger partial charge in [0.1, 0.15) is 0 Å². The van der Waals surface area contributed by atoms with Crippen molar-refractivity contribution in [2.45, 2.75) is 26.8 Å². The molecule has 0 amide bonds. The number of ketones is 1. The zero-order valence-electron chi connectivity index (χ0n) is 9.45. The van der Waals surface area contributed by atoms with Crippen molar-refractivity contribution in [3.63, 3.8) is 0 Å². The van der Waals surface area contributed by atoms with Gasteiger partial charge < -0.3 is 5.32 Å². The number of carbonyl (C=O) groups is 1. The SMILES string of the molecule is CC(=O)/C=C(/C)N[C@@H](C)c1ccccc1. The normalized spacial score (nSPS) is 13.4. The maximum absolute atomic E-state index is 10.9. The fraction of sp³-hybridized carbons (Fsp3) is 0.308. The molecule has 1 aromatic rings. The number of allylic oxidation sites excluding steroid dienone is 2. The Labute approximate surface area is 91.0 Å². The molecule has 0 bridgehead atoms. The molecule has 0 heterocycles. The summed E-state index contributed by atoms with van der Waals surface area (Å²) in [6.45, 7) is 5.53. The van der Waals surface area contributed by atoms with Crippen molar-refractivity contribution in [1.82, 2.24) is 5.32 Å². The molecule has 1 N–H and O–H groups in total. The third kappa shape index (κ3) is 3.98. The van der Waals surface area contributed by atoms with Gasteiger partial charge in [0.05, 0.1) is 0 Å². The second-order valence-electron chi connectivity index (χ2n) is 3.71. The molecule has 0 saturated carbocycles. The predicted molar refractivity (Wildman–Crippen MR) is 62.4 cm³/mol. The number of hydrogen-bond donors (Lipinski definition) is 1. The van der Waals surface area contributed by atoms with E-state index in [-0.39, 0.29) is 11.8 Å². The van der Waals surface area contributed by atoms with Gasteiger partial charge >= 0.3 is 0 Å². The summed E-state index contributed by atoms with van der Waals surface area (Å²) in [5.41, 5.74) is 2.12. The Kier molecular flexibility index (Phi) is 4.10. The summed E-state index contributed by atoms with van der Waals surface area (Å²) in [5.74, 6) is 0.0697. The number of benzene rings is 1. The smallest absolute Gasteiger partial charge is 0.154 e. The van der Waals surface area contributed by atoms with Crippen LogP contribution in [0.2, 0.25) is 0 Å². The quantitative estimate of drug-likeness (QED) is 0.762. The lowest BCUT2D eigenvalue weighted by molar-refractivity contribution is -0.112. The highest BCUT2D eigenvalue weighted by atomic mass is 16.1. The van der Waals surface area contributed by atoms with E-state index in [0.717, 1.165) is 5.70 Å². The van der Waals surface area contributed by atoms with E-state index in [0.29, 0.717) is 0 Å². The van der Waals surface area contributed by atoms with Crippen LogP contribution >= 0.6 is 0 Å². The molecule has 0 unspecified atom stereocenters. The Morgan fingerprint density at radius 3 is 2.40 bits per heavy atom. The van der Waals surface area contributed by atoms with Gasteiger partial charge in [0.25, 0.3) is 0 Å². The Morgan fingerprint density at radius 1 is 1.27 bits per heavy atom. The van der Waals surface area contributed by atoms with Crippen molar-refractivity contribution >= 4 is 5.78 Å². The van der Waals surface area contributed by atoms with Gasteiger partial charge in [-0.2, -0.15) is 0 Å². The molecule has 2 nitrogen and oxygen atoms in total. The van der Waals surface area contributed by atoms with Crippen molar-refractivity contribution < 1.29 is 4.79 Å². The van der Waals surface area contributed by atoms with E-state index < -0.39 is 0 Å². The van der Waals surface area contributed by atoms with Crippen molar-refractivity contribution in [3.8, 4) is 0 Å². The number of carbonyl (C=O) groups excluding carboxylic acids is 1. The van der Waals surface area contributed by atoms with E-state index >= 15 is 0 Å². The minimum atomic E-state index is 0.0697. The van der Waals surface area contributed by atoms with Crippen molar-refractivity contribution in [3.05, 3.63) is 47.7 Å². The summed E-state index contributed by atoms with van der Waals surface area (Å²) in [6, 6.07) is 10.4. The minimum absolute atomic E-state index is 0.0697. The molecule has 0 aliphatic rings. The van der Waals surface area contributed by atoms with Gasteiger partial charge in [-0.25, -0.2) is 0 Å². The molecule has 2 heteroatoms. The average Bonchev–Trinajstić information content (AvgIpc) is 2.17. The first-order chi connectivity index (χ1) is 7.09. The Hall–Kier alpha value is -1.57. The summed E-state index contributed by atoms with van der Waals surface area (Å²) in [7, 11) is 0.